The summed E-state index contributed by atoms with van der Waals surface area (Å²) in [7, 11) is 0. The van der Waals surface area contributed by atoms with E-state index in [1.165, 1.54) is 27.9 Å². The van der Waals surface area contributed by atoms with Gasteiger partial charge in [0.15, 0.2) is 6.67 Å². The Kier molecular flexibility index (Phi) is 4.21. The first kappa shape index (κ1) is 15.1. The van der Waals surface area contributed by atoms with Crippen LogP contribution in [0.4, 0.5) is 5.69 Å². The lowest BCUT2D eigenvalue weighted by atomic mass is 10.0. The molecule has 0 saturated carbocycles. The van der Waals surface area contributed by atoms with Crippen molar-refractivity contribution in [3.05, 3.63) is 71.4 Å². The van der Waals surface area contributed by atoms with Gasteiger partial charge in [0.2, 0.25) is 0 Å². The molecule has 114 valence electrons. The van der Waals surface area contributed by atoms with Gasteiger partial charge in [0.05, 0.1) is 0 Å². The van der Waals surface area contributed by atoms with E-state index in [-0.39, 0.29) is 0 Å². The zero-order chi connectivity index (χ0) is 15.7. The van der Waals surface area contributed by atoms with E-state index in [0.29, 0.717) is 6.04 Å². The molecule has 1 fully saturated rings. The summed E-state index contributed by atoms with van der Waals surface area (Å²) in [5.41, 5.74) is 6.65. The van der Waals surface area contributed by atoms with Crippen LogP contribution in [0.3, 0.4) is 0 Å². The fraction of sp³-hybridized carbons (Fsp3) is 0.350. The van der Waals surface area contributed by atoms with Crippen LogP contribution in [0.25, 0.3) is 0 Å². The number of anilines is 1. The van der Waals surface area contributed by atoms with Crippen molar-refractivity contribution in [3.63, 3.8) is 0 Å². The molecule has 1 atom stereocenters. The van der Waals surface area contributed by atoms with E-state index in [1.54, 1.807) is 0 Å². The summed E-state index contributed by atoms with van der Waals surface area (Å²) in [4.78, 5) is 4.59. The molecule has 1 heterocycles. The molecular formula is C20H24N2. The molecule has 0 aromatic heterocycles. The highest BCUT2D eigenvalue weighted by molar-refractivity contribution is 5.61. The summed E-state index contributed by atoms with van der Waals surface area (Å²) in [6.45, 7) is 14.4. The molecule has 1 aliphatic rings. The van der Waals surface area contributed by atoms with Gasteiger partial charge in [-0.2, -0.15) is 0 Å². The van der Waals surface area contributed by atoms with Gasteiger partial charge in [-0.25, -0.2) is 0 Å². The minimum Gasteiger partial charge on any atom is -0.345 e. The van der Waals surface area contributed by atoms with Crippen molar-refractivity contribution < 1.29 is 0 Å². The molecule has 0 bridgehead atoms. The maximum Gasteiger partial charge on any atom is 0.178 e. The second kappa shape index (κ2) is 6.13. The average molecular weight is 292 g/mol. The lowest BCUT2D eigenvalue weighted by Crippen LogP contribution is -2.23. The highest BCUT2D eigenvalue weighted by atomic mass is 15.4. The third kappa shape index (κ3) is 2.89. The largest absolute Gasteiger partial charge is 0.345 e. The number of hydrogen-bond acceptors (Lipinski definition) is 2. The number of nitrogens with zero attached hydrogens (tertiary/aromatic N) is 2. The molecule has 2 nitrogen and oxygen atoms in total. The van der Waals surface area contributed by atoms with E-state index in [0.717, 1.165) is 13.1 Å². The normalized spacial score (nSPS) is 17.0. The molecular weight excluding hydrogens is 268 g/mol. The Morgan fingerprint density at radius 1 is 0.955 bits per heavy atom. The monoisotopic (exact) mass is 292 g/mol. The number of hydrogen-bond donors (Lipinski definition) is 0. The molecule has 2 aromatic carbocycles. The van der Waals surface area contributed by atoms with E-state index in [2.05, 4.69) is 86.6 Å². The number of rotatable bonds is 3. The van der Waals surface area contributed by atoms with Gasteiger partial charge in [0.25, 0.3) is 0 Å². The van der Waals surface area contributed by atoms with Crippen molar-refractivity contribution in [2.75, 3.05) is 18.0 Å². The first-order valence-corrected chi connectivity index (χ1v) is 7.99. The molecule has 0 N–H and O–H groups in total. The van der Waals surface area contributed by atoms with Crippen LogP contribution in [0.1, 0.15) is 35.2 Å². The van der Waals surface area contributed by atoms with Gasteiger partial charge in [-0.1, -0.05) is 48.0 Å². The lowest BCUT2D eigenvalue weighted by molar-refractivity contribution is 0.307. The molecule has 1 saturated heterocycles. The average Bonchev–Trinajstić information content (AvgIpc) is 2.96. The first-order chi connectivity index (χ1) is 10.6. The Labute approximate surface area is 134 Å². The van der Waals surface area contributed by atoms with Crippen molar-refractivity contribution in [1.82, 2.24) is 4.90 Å². The minimum atomic E-state index is 0.359. The summed E-state index contributed by atoms with van der Waals surface area (Å²) in [6, 6.07) is 15.5. The van der Waals surface area contributed by atoms with Crippen LogP contribution in [0.2, 0.25) is 0 Å². The number of benzene rings is 2. The third-order valence-electron chi connectivity index (χ3n) is 4.47. The Morgan fingerprint density at radius 2 is 1.59 bits per heavy atom. The Balaban J connectivity index is 1.78. The molecule has 0 aliphatic carbocycles. The lowest BCUT2D eigenvalue weighted by Gasteiger charge is -2.25. The van der Waals surface area contributed by atoms with Crippen LogP contribution < -0.4 is 4.90 Å². The van der Waals surface area contributed by atoms with E-state index in [4.69, 9.17) is 0 Å². The quantitative estimate of drug-likeness (QED) is 0.822. The topological polar surface area (TPSA) is 6.48 Å². The minimum absolute atomic E-state index is 0.359. The standard InChI is InChI=1S/C20H24N2/c1-15-12-16(2)20(17(3)13-15)22-11-10-21(14-22)18(4)19-8-6-5-7-9-19/h5-9,12-13,18H,10-11H2,1-4H3. The van der Waals surface area contributed by atoms with E-state index in [1.807, 2.05) is 0 Å². The summed E-state index contributed by atoms with van der Waals surface area (Å²) in [6.07, 6.45) is 0. The molecule has 2 heteroatoms. The Morgan fingerprint density at radius 3 is 2.23 bits per heavy atom. The summed E-state index contributed by atoms with van der Waals surface area (Å²) in [5.74, 6) is 0. The van der Waals surface area contributed by atoms with Crippen molar-refractivity contribution in [2.24, 2.45) is 0 Å². The van der Waals surface area contributed by atoms with Crippen LogP contribution in [0, 0.1) is 27.4 Å². The van der Waals surface area contributed by atoms with Gasteiger partial charge in [0, 0.05) is 24.8 Å². The van der Waals surface area contributed by atoms with Gasteiger partial charge in [-0.15, -0.1) is 0 Å². The van der Waals surface area contributed by atoms with Gasteiger partial charge in [-0.3, -0.25) is 4.90 Å². The molecule has 2 aromatic rings. The Hall–Kier alpha value is -1.80. The highest BCUT2D eigenvalue weighted by Crippen LogP contribution is 2.33. The second-order valence-corrected chi connectivity index (χ2v) is 6.28. The number of aryl methyl sites for hydroxylation is 3. The zero-order valence-corrected chi connectivity index (χ0v) is 13.9. The van der Waals surface area contributed by atoms with E-state index in [9.17, 15) is 0 Å². The van der Waals surface area contributed by atoms with Crippen LogP contribution in [0.5, 0.6) is 0 Å². The molecule has 1 unspecified atom stereocenters. The van der Waals surface area contributed by atoms with E-state index >= 15 is 0 Å². The molecule has 2 radical (unpaired) electrons. The van der Waals surface area contributed by atoms with Crippen LogP contribution in [-0.4, -0.2) is 18.0 Å². The fourth-order valence-electron chi connectivity index (χ4n) is 3.41. The predicted octanol–water partition coefficient (Wildman–Crippen LogP) is 4.49. The summed E-state index contributed by atoms with van der Waals surface area (Å²) in [5, 5.41) is 0. The van der Waals surface area contributed by atoms with Crippen LogP contribution >= 0.6 is 0 Å². The predicted molar refractivity (Wildman–Crippen MR) is 92.8 cm³/mol. The van der Waals surface area contributed by atoms with Gasteiger partial charge in [0.1, 0.15) is 0 Å². The van der Waals surface area contributed by atoms with Crippen LogP contribution in [0.15, 0.2) is 42.5 Å². The molecule has 0 spiro atoms. The van der Waals surface area contributed by atoms with Crippen molar-refractivity contribution in [2.45, 2.75) is 33.7 Å². The van der Waals surface area contributed by atoms with Crippen molar-refractivity contribution in [3.8, 4) is 0 Å². The zero-order valence-electron chi connectivity index (χ0n) is 13.9. The molecule has 0 amide bonds. The smallest absolute Gasteiger partial charge is 0.178 e. The SMILES string of the molecule is Cc1cc(C)c(N2[C]N(C(C)c3ccccc3)CC2)c(C)c1. The van der Waals surface area contributed by atoms with Gasteiger partial charge in [-0.05, 0) is 44.4 Å². The first-order valence-electron chi connectivity index (χ1n) is 7.99. The molecule has 22 heavy (non-hydrogen) atoms. The van der Waals surface area contributed by atoms with E-state index < -0.39 is 0 Å². The fourth-order valence-corrected chi connectivity index (χ4v) is 3.41. The maximum atomic E-state index is 3.57. The van der Waals surface area contributed by atoms with Crippen LogP contribution in [-0.2, 0) is 0 Å². The Bertz CT molecular complexity index is 625. The van der Waals surface area contributed by atoms with Crippen molar-refractivity contribution in [1.29, 1.82) is 0 Å². The van der Waals surface area contributed by atoms with Gasteiger partial charge < -0.3 is 4.90 Å². The molecule has 1 aliphatic heterocycles. The summed E-state index contributed by atoms with van der Waals surface area (Å²) >= 11 is 0. The highest BCUT2D eigenvalue weighted by Gasteiger charge is 2.28. The second-order valence-electron chi connectivity index (χ2n) is 6.28. The summed E-state index contributed by atoms with van der Waals surface area (Å²) < 4.78 is 0. The maximum absolute atomic E-state index is 3.57. The van der Waals surface area contributed by atoms with Crippen molar-refractivity contribution >= 4 is 5.69 Å². The third-order valence-corrected chi connectivity index (χ3v) is 4.47. The molecule has 3 rings (SSSR count). The van der Waals surface area contributed by atoms with Gasteiger partial charge >= 0.3 is 0 Å².